The van der Waals surface area contributed by atoms with Crippen LogP contribution in [0.1, 0.15) is 18.0 Å². The lowest BCUT2D eigenvalue weighted by Gasteiger charge is -2.39. The fraction of sp³-hybridized carbons (Fsp3) is 0.167. The van der Waals surface area contributed by atoms with Gasteiger partial charge in [0, 0.05) is 17.5 Å². The zero-order chi connectivity index (χ0) is 17.4. The van der Waals surface area contributed by atoms with E-state index >= 15 is 0 Å². The third-order valence-corrected chi connectivity index (χ3v) is 7.13. The predicted octanol–water partition coefficient (Wildman–Crippen LogP) is 4.08. The second-order valence-electron chi connectivity index (χ2n) is 5.83. The van der Waals surface area contributed by atoms with Crippen molar-refractivity contribution in [2.45, 2.75) is 17.5 Å². The summed E-state index contributed by atoms with van der Waals surface area (Å²) in [5, 5.41) is 2.17. The summed E-state index contributed by atoms with van der Waals surface area (Å²) in [6.07, 6.45) is 0.804. The Labute approximate surface area is 149 Å². The summed E-state index contributed by atoms with van der Waals surface area (Å²) in [6, 6.07) is 15.4. The van der Waals surface area contributed by atoms with Gasteiger partial charge in [0.25, 0.3) is 10.0 Å². The Kier molecular flexibility index (Phi) is 4.15. The van der Waals surface area contributed by atoms with Crippen molar-refractivity contribution in [2.75, 3.05) is 6.54 Å². The van der Waals surface area contributed by atoms with Crippen molar-refractivity contribution >= 4 is 21.4 Å². The number of hydrogen-bond acceptors (Lipinski definition) is 4. The molecule has 1 saturated heterocycles. The van der Waals surface area contributed by atoms with Gasteiger partial charge in [-0.3, -0.25) is 0 Å². The van der Waals surface area contributed by atoms with Crippen LogP contribution in [0.25, 0.3) is 10.6 Å². The molecule has 0 radical (unpaired) electrons. The van der Waals surface area contributed by atoms with E-state index in [-0.39, 0.29) is 16.9 Å². The molecule has 0 spiro atoms. The van der Waals surface area contributed by atoms with Crippen LogP contribution in [-0.4, -0.2) is 24.3 Å². The van der Waals surface area contributed by atoms with Crippen LogP contribution in [0.4, 0.5) is 4.39 Å². The minimum absolute atomic E-state index is 0.0532. The van der Waals surface area contributed by atoms with Gasteiger partial charge in [-0.1, -0.05) is 30.3 Å². The molecule has 1 fully saturated rings. The molecule has 2 heterocycles. The van der Waals surface area contributed by atoms with E-state index in [9.17, 15) is 12.8 Å². The lowest BCUT2D eigenvalue weighted by Crippen LogP contribution is -2.45. The van der Waals surface area contributed by atoms with E-state index in [2.05, 4.69) is 4.98 Å². The normalized spacial score (nSPS) is 18.0. The minimum atomic E-state index is -3.64. The fourth-order valence-electron chi connectivity index (χ4n) is 2.88. The summed E-state index contributed by atoms with van der Waals surface area (Å²) < 4.78 is 40.3. The molecule has 7 heteroatoms. The van der Waals surface area contributed by atoms with Gasteiger partial charge in [0.05, 0.1) is 6.04 Å². The zero-order valence-electron chi connectivity index (χ0n) is 13.2. The first-order valence-corrected chi connectivity index (χ1v) is 10.2. The van der Waals surface area contributed by atoms with E-state index in [1.807, 2.05) is 30.3 Å². The Bertz CT molecular complexity index is 985. The molecule has 0 unspecified atom stereocenters. The quantitative estimate of drug-likeness (QED) is 0.691. The fourth-order valence-corrected chi connectivity index (χ4v) is 5.61. The van der Waals surface area contributed by atoms with Crippen LogP contribution in [0, 0.1) is 5.82 Å². The van der Waals surface area contributed by atoms with Crippen LogP contribution < -0.4 is 0 Å². The smallest absolute Gasteiger partial charge is 0.223 e. The van der Waals surface area contributed by atoms with Crippen molar-refractivity contribution in [2.24, 2.45) is 0 Å². The lowest BCUT2D eigenvalue weighted by molar-refractivity contribution is 0.201. The molecule has 0 saturated carbocycles. The molecule has 1 aromatic heterocycles. The molecular formula is C18H15FN2O2S2. The van der Waals surface area contributed by atoms with Gasteiger partial charge in [-0.15, -0.1) is 11.3 Å². The average Bonchev–Trinajstić information content (AvgIpc) is 3.06. The first-order valence-electron chi connectivity index (χ1n) is 7.84. The largest absolute Gasteiger partial charge is 0.261 e. The second-order valence-corrected chi connectivity index (χ2v) is 8.52. The van der Waals surface area contributed by atoms with Crippen LogP contribution in [-0.2, 0) is 10.0 Å². The van der Waals surface area contributed by atoms with Gasteiger partial charge in [0.15, 0.2) is 5.03 Å². The van der Waals surface area contributed by atoms with Crippen molar-refractivity contribution in [3.8, 4) is 10.6 Å². The topological polar surface area (TPSA) is 50.3 Å². The average molecular weight is 374 g/mol. The molecule has 0 N–H and O–H groups in total. The zero-order valence-corrected chi connectivity index (χ0v) is 14.8. The number of sulfonamides is 1. The van der Waals surface area contributed by atoms with Crippen LogP contribution in [0.2, 0.25) is 0 Å². The van der Waals surface area contributed by atoms with Gasteiger partial charge >= 0.3 is 0 Å². The van der Waals surface area contributed by atoms with Crippen molar-refractivity contribution < 1.29 is 12.8 Å². The highest BCUT2D eigenvalue weighted by Gasteiger charge is 2.40. The molecule has 1 atom stereocenters. The van der Waals surface area contributed by atoms with Crippen LogP contribution in [0.5, 0.6) is 0 Å². The molecule has 0 bridgehead atoms. The number of nitrogens with zero attached hydrogens (tertiary/aromatic N) is 2. The van der Waals surface area contributed by atoms with E-state index < -0.39 is 10.0 Å². The standard InChI is InChI=1S/C18H15FN2O2S2/c19-15-8-6-14(7-9-15)18-20-17(12-24-18)25(22,23)21-11-10-16(21)13-4-2-1-3-5-13/h1-9,12,16H,10-11H2/t16-/m1/s1. The molecule has 4 rings (SSSR count). The Morgan fingerprint density at radius 2 is 1.80 bits per heavy atom. The van der Waals surface area contributed by atoms with E-state index in [0.717, 1.165) is 12.0 Å². The molecule has 2 aromatic carbocycles. The first-order chi connectivity index (χ1) is 12.1. The van der Waals surface area contributed by atoms with Gasteiger partial charge in [0.1, 0.15) is 10.8 Å². The molecule has 25 heavy (non-hydrogen) atoms. The maximum Gasteiger partial charge on any atom is 0.261 e. The van der Waals surface area contributed by atoms with E-state index in [1.54, 1.807) is 17.5 Å². The second kappa shape index (κ2) is 6.33. The summed E-state index contributed by atoms with van der Waals surface area (Å²) in [6.45, 7) is 0.491. The highest BCUT2D eigenvalue weighted by Crippen LogP contribution is 2.38. The minimum Gasteiger partial charge on any atom is -0.223 e. The Morgan fingerprint density at radius 3 is 2.44 bits per heavy atom. The summed E-state index contributed by atoms with van der Waals surface area (Å²) in [7, 11) is -3.64. The Balaban J connectivity index is 1.62. The van der Waals surface area contributed by atoms with Gasteiger partial charge in [-0.05, 0) is 36.2 Å². The van der Waals surface area contributed by atoms with Crippen LogP contribution in [0.15, 0.2) is 65.0 Å². The number of benzene rings is 2. The van der Waals surface area contributed by atoms with Gasteiger partial charge in [-0.25, -0.2) is 17.8 Å². The third-order valence-electron chi connectivity index (χ3n) is 4.30. The lowest BCUT2D eigenvalue weighted by atomic mass is 9.98. The molecule has 128 valence electrons. The summed E-state index contributed by atoms with van der Waals surface area (Å²) >= 11 is 1.25. The number of aromatic nitrogens is 1. The highest BCUT2D eigenvalue weighted by atomic mass is 32.2. The SMILES string of the molecule is O=S(=O)(c1csc(-c2ccc(F)cc2)n1)N1CC[C@@H]1c1ccccc1. The van der Waals surface area contributed by atoms with E-state index in [4.69, 9.17) is 0 Å². The van der Waals surface area contributed by atoms with Crippen molar-refractivity contribution in [3.63, 3.8) is 0 Å². The van der Waals surface area contributed by atoms with Crippen LogP contribution in [0.3, 0.4) is 0 Å². The van der Waals surface area contributed by atoms with Crippen molar-refractivity contribution in [3.05, 3.63) is 71.4 Å². The summed E-state index contributed by atoms with van der Waals surface area (Å²) in [5.74, 6) is -0.334. The monoisotopic (exact) mass is 374 g/mol. The third kappa shape index (κ3) is 2.99. The number of rotatable bonds is 4. The Morgan fingerprint density at radius 1 is 1.08 bits per heavy atom. The van der Waals surface area contributed by atoms with Crippen LogP contribution >= 0.6 is 11.3 Å². The molecule has 1 aliphatic heterocycles. The summed E-state index contributed by atoms with van der Waals surface area (Å²) in [5.41, 5.74) is 1.70. The van der Waals surface area contributed by atoms with Gasteiger partial charge < -0.3 is 0 Å². The van der Waals surface area contributed by atoms with E-state index in [0.29, 0.717) is 17.1 Å². The molecular weight excluding hydrogens is 359 g/mol. The van der Waals surface area contributed by atoms with Crippen molar-refractivity contribution in [1.82, 2.24) is 9.29 Å². The molecule has 3 aromatic rings. The molecule has 4 nitrogen and oxygen atoms in total. The number of halogens is 1. The molecule has 1 aliphatic rings. The number of thiazole rings is 1. The highest BCUT2D eigenvalue weighted by molar-refractivity contribution is 7.89. The maximum atomic E-state index is 13.0. The van der Waals surface area contributed by atoms with Gasteiger partial charge in [-0.2, -0.15) is 4.31 Å². The maximum absolute atomic E-state index is 13.0. The number of hydrogen-bond donors (Lipinski definition) is 0. The van der Waals surface area contributed by atoms with E-state index in [1.165, 1.54) is 27.8 Å². The molecule has 0 amide bonds. The Hall–Kier alpha value is -2.09. The van der Waals surface area contributed by atoms with Crippen molar-refractivity contribution in [1.29, 1.82) is 0 Å². The van der Waals surface area contributed by atoms with Gasteiger partial charge in [0.2, 0.25) is 0 Å². The predicted molar refractivity (Wildman–Crippen MR) is 95.2 cm³/mol. The first kappa shape index (κ1) is 16.4. The summed E-state index contributed by atoms with van der Waals surface area (Å²) in [4.78, 5) is 4.28. The molecule has 0 aliphatic carbocycles.